The summed E-state index contributed by atoms with van der Waals surface area (Å²) in [5, 5.41) is 6.35. The van der Waals surface area contributed by atoms with Gasteiger partial charge in [-0.1, -0.05) is 6.92 Å². The molecule has 2 heterocycles. The predicted octanol–water partition coefficient (Wildman–Crippen LogP) is 0.298. The Balaban J connectivity index is 1.81. The summed E-state index contributed by atoms with van der Waals surface area (Å²) in [4.78, 5) is 12.4. The molecule has 5 nitrogen and oxygen atoms in total. The first kappa shape index (κ1) is 13.8. The van der Waals surface area contributed by atoms with E-state index < -0.39 is 0 Å². The summed E-state index contributed by atoms with van der Waals surface area (Å²) in [6.07, 6.45) is 2.77. The van der Waals surface area contributed by atoms with Crippen LogP contribution in [0.2, 0.25) is 0 Å². The summed E-state index contributed by atoms with van der Waals surface area (Å²) in [5.41, 5.74) is -0.180. The SMILES string of the molecule is CCC1(C(=O)NCC2COCCO2)CCNCC1. The molecule has 0 spiro atoms. The number of rotatable bonds is 4. The van der Waals surface area contributed by atoms with Crippen LogP contribution < -0.4 is 10.6 Å². The molecular weight excluding hydrogens is 232 g/mol. The van der Waals surface area contributed by atoms with Gasteiger partial charge in [-0.3, -0.25) is 4.79 Å². The summed E-state index contributed by atoms with van der Waals surface area (Å²) in [5.74, 6) is 0.181. The minimum atomic E-state index is -0.180. The van der Waals surface area contributed by atoms with Crippen LogP contribution in [0.3, 0.4) is 0 Å². The van der Waals surface area contributed by atoms with E-state index in [1.165, 1.54) is 0 Å². The van der Waals surface area contributed by atoms with E-state index in [9.17, 15) is 4.79 Å². The van der Waals surface area contributed by atoms with Gasteiger partial charge in [0.2, 0.25) is 5.91 Å². The van der Waals surface area contributed by atoms with Crippen molar-refractivity contribution in [1.29, 1.82) is 0 Å². The molecule has 104 valence electrons. The van der Waals surface area contributed by atoms with E-state index in [2.05, 4.69) is 17.6 Å². The number of hydrogen-bond donors (Lipinski definition) is 2. The van der Waals surface area contributed by atoms with Crippen molar-refractivity contribution in [1.82, 2.24) is 10.6 Å². The minimum Gasteiger partial charge on any atom is -0.376 e. The fourth-order valence-corrected chi connectivity index (χ4v) is 2.69. The van der Waals surface area contributed by atoms with Crippen molar-refractivity contribution in [3.8, 4) is 0 Å². The van der Waals surface area contributed by atoms with Crippen LogP contribution in [-0.2, 0) is 14.3 Å². The van der Waals surface area contributed by atoms with Gasteiger partial charge in [-0.2, -0.15) is 0 Å². The third kappa shape index (κ3) is 3.22. The van der Waals surface area contributed by atoms with Gasteiger partial charge in [0.15, 0.2) is 0 Å². The largest absolute Gasteiger partial charge is 0.376 e. The van der Waals surface area contributed by atoms with E-state index in [1.807, 2.05) is 0 Å². The van der Waals surface area contributed by atoms with Gasteiger partial charge >= 0.3 is 0 Å². The Hall–Kier alpha value is -0.650. The number of carbonyl (C=O) groups excluding carboxylic acids is 1. The van der Waals surface area contributed by atoms with Gasteiger partial charge in [0.1, 0.15) is 0 Å². The van der Waals surface area contributed by atoms with Crippen molar-refractivity contribution >= 4 is 5.91 Å². The highest BCUT2D eigenvalue weighted by molar-refractivity contribution is 5.82. The summed E-state index contributed by atoms with van der Waals surface area (Å²) >= 11 is 0. The van der Waals surface area contributed by atoms with Gasteiger partial charge in [0, 0.05) is 6.54 Å². The summed E-state index contributed by atoms with van der Waals surface area (Å²) < 4.78 is 10.9. The molecule has 2 rings (SSSR count). The van der Waals surface area contributed by atoms with Crippen LogP contribution in [0.25, 0.3) is 0 Å². The Morgan fingerprint density at radius 2 is 2.17 bits per heavy atom. The standard InChI is InChI=1S/C13H24N2O3/c1-2-13(3-5-14-6-4-13)12(16)15-9-11-10-17-7-8-18-11/h11,14H,2-10H2,1H3,(H,15,16). The van der Waals surface area contributed by atoms with Crippen molar-refractivity contribution in [3.63, 3.8) is 0 Å². The second-order valence-electron chi connectivity index (χ2n) is 5.16. The Kier molecular flexibility index (Phi) is 4.97. The van der Waals surface area contributed by atoms with Gasteiger partial charge in [-0.25, -0.2) is 0 Å². The molecule has 0 saturated carbocycles. The van der Waals surface area contributed by atoms with E-state index >= 15 is 0 Å². The Morgan fingerprint density at radius 3 is 2.78 bits per heavy atom. The van der Waals surface area contributed by atoms with E-state index in [0.717, 1.165) is 32.4 Å². The zero-order valence-electron chi connectivity index (χ0n) is 11.2. The fourth-order valence-electron chi connectivity index (χ4n) is 2.69. The van der Waals surface area contributed by atoms with E-state index in [4.69, 9.17) is 9.47 Å². The maximum atomic E-state index is 12.4. The summed E-state index contributed by atoms with van der Waals surface area (Å²) in [6.45, 7) is 6.41. The molecule has 1 amide bonds. The molecule has 5 heteroatoms. The first-order valence-electron chi connectivity index (χ1n) is 6.95. The third-order valence-electron chi connectivity index (χ3n) is 4.09. The topological polar surface area (TPSA) is 59.6 Å². The number of hydrogen-bond acceptors (Lipinski definition) is 4. The molecule has 18 heavy (non-hydrogen) atoms. The number of ether oxygens (including phenoxy) is 2. The van der Waals surface area contributed by atoms with Crippen LogP contribution in [0.15, 0.2) is 0 Å². The molecular formula is C13H24N2O3. The maximum Gasteiger partial charge on any atom is 0.226 e. The first-order chi connectivity index (χ1) is 8.77. The van der Waals surface area contributed by atoms with Gasteiger partial charge in [0.25, 0.3) is 0 Å². The minimum absolute atomic E-state index is 0.0123. The molecule has 0 bridgehead atoms. The molecule has 0 aromatic heterocycles. The quantitative estimate of drug-likeness (QED) is 0.759. The third-order valence-corrected chi connectivity index (χ3v) is 4.09. The maximum absolute atomic E-state index is 12.4. The van der Waals surface area contributed by atoms with Gasteiger partial charge in [-0.15, -0.1) is 0 Å². The van der Waals surface area contributed by atoms with E-state index in [-0.39, 0.29) is 17.4 Å². The highest BCUT2D eigenvalue weighted by Gasteiger charge is 2.37. The predicted molar refractivity (Wildman–Crippen MR) is 68.4 cm³/mol. The molecule has 2 saturated heterocycles. The van der Waals surface area contributed by atoms with E-state index in [0.29, 0.717) is 26.4 Å². The molecule has 2 fully saturated rings. The van der Waals surface area contributed by atoms with Crippen molar-refractivity contribution in [2.24, 2.45) is 5.41 Å². The molecule has 1 atom stereocenters. The lowest BCUT2D eigenvalue weighted by atomic mass is 9.76. The van der Waals surface area contributed by atoms with Gasteiger partial charge in [0.05, 0.1) is 31.3 Å². The number of piperidine rings is 1. The lowest BCUT2D eigenvalue weighted by Crippen LogP contribution is -2.50. The highest BCUT2D eigenvalue weighted by atomic mass is 16.6. The van der Waals surface area contributed by atoms with Crippen LogP contribution in [0.4, 0.5) is 0 Å². The molecule has 0 radical (unpaired) electrons. The van der Waals surface area contributed by atoms with Crippen LogP contribution in [0, 0.1) is 5.41 Å². The van der Waals surface area contributed by atoms with Gasteiger partial charge in [-0.05, 0) is 32.4 Å². The molecule has 2 aliphatic rings. The second-order valence-corrected chi connectivity index (χ2v) is 5.16. The van der Waals surface area contributed by atoms with Crippen molar-refractivity contribution in [3.05, 3.63) is 0 Å². The molecule has 0 aromatic rings. The molecule has 1 unspecified atom stereocenters. The second kappa shape index (κ2) is 6.50. The first-order valence-corrected chi connectivity index (χ1v) is 6.95. The van der Waals surface area contributed by atoms with Crippen LogP contribution in [0.5, 0.6) is 0 Å². The molecule has 0 aliphatic carbocycles. The van der Waals surface area contributed by atoms with Crippen LogP contribution in [0.1, 0.15) is 26.2 Å². The monoisotopic (exact) mass is 256 g/mol. The number of carbonyl (C=O) groups is 1. The van der Waals surface area contributed by atoms with Gasteiger partial charge < -0.3 is 20.1 Å². The van der Waals surface area contributed by atoms with Crippen molar-refractivity contribution < 1.29 is 14.3 Å². The molecule has 0 aromatic carbocycles. The molecule has 2 N–H and O–H groups in total. The molecule has 2 aliphatic heterocycles. The lowest BCUT2D eigenvalue weighted by molar-refractivity contribution is -0.135. The summed E-state index contributed by atoms with van der Waals surface area (Å²) in [7, 11) is 0. The Morgan fingerprint density at radius 1 is 1.39 bits per heavy atom. The highest BCUT2D eigenvalue weighted by Crippen LogP contribution is 2.32. The Labute approximate surface area is 109 Å². The zero-order valence-corrected chi connectivity index (χ0v) is 11.2. The number of nitrogens with one attached hydrogen (secondary N) is 2. The van der Waals surface area contributed by atoms with Crippen LogP contribution >= 0.6 is 0 Å². The fraction of sp³-hybridized carbons (Fsp3) is 0.923. The average molecular weight is 256 g/mol. The normalized spacial score (nSPS) is 27.7. The smallest absolute Gasteiger partial charge is 0.226 e. The Bertz CT molecular complexity index is 271. The van der Waals surface area contributed by atoms with Crippen LogP contribution in [-0.4, -0.2) is 51.5 Å². The zero-order chi connectivity index (χ0) is 12.8. The van der Waals surface area contributed by atoms with Crippen molar-refractivity contribution in [2.75, 3.05) is 39.5 Å². The van der Waals surface area contributed by atoms with Crippen molar-refractivity contribution in [2.45, 2.75) is 32.3 Å². The lowest BCUT2D eigenvalue weighted by Gasteiger charge is -2.36. The average Bonchev–Trinajstić information content (AvgIpc) is 2.46. The summed E-state index contributed by atoms with van der Waals surface area (Å²) in [6, 6.07) is 0. The van der Waals surface area contributed by atoms with E-state index in [1.54, 1.807) is 0 Å². The number of amides is 1.